The van der Waals surface area contributed by atoms with Gasteiger partial charge in [0.2, 0.25) is 10.0 Å². The zero-order valence-electron chi connectivity index (χ0n) is 11.3. The van der Waals surface area contributed by atoms with E-state index in [9.17, 15) is 8.42 Å². The van der Waals surface area contributed by atoms with Crippen molar-refractivity contribution in [2.24, 2.45) is 0 Å². The molecule has 0 unspecified atom stereocenters. The lowest BCUT2D eigenvalue weighted by Gasteiger charge is -2.10. The topological polar surface area (TPSA) is 58.2 Å². The summed E-state index contributed by atoms with van der Waals surface area (Å²) in [6.45, 7) is 5.00. The third-order valence-electron chi connectivity index (χ3n) is 2.53. The van der Waals surface area contributed by atoms with E-state index in [-0.39, 0.29) is 5.75 Å². The maximum Gasteiger partial charge on any atom is 0.232 e. The number of halogens is 1. The van der Waals surface area contributed by atoms with Crippen LogP contribution in [0.1, 0.15) is 26.7 Å². The Labute approximate surface area is 124 Å². The highest BCUT2D eigenvalue weighted by Crippen LogP contribution is 2.22. The van der Waals surface area contributed by atoms with Crippen molar-refractivity contribution in [3.05, 3.63) is 28.7 Å². The Morgan fingerprint density at radius 2 is 1.89 bits per heavy atom. The molecule has 1 rings (SSSR count). The van der Waals surface area contributed by atoms with Gasteiger partial charge in [-0.2, -0.15) is 0 Å². The molecule has 0 radical (unpaired) electrons. The molecule has 1 aromatic carbocycles. The summed E-state index contributed by atoms with van der Waals surface area (Å²) in [5.41, 5.74) is 0.586. The van der Waals surface area contributed by atoms with Crippen molar-refractivity contribution >= 4 is 31.6 Å². The van der Waals surface area contributed by atoms with E-state index in [0.717, 1.165) is 17.4 Å². The van der Waals surface area contributed by atoms with Crippen molar-refractivity contribution in [1.29, 1.82) is 0 Å². The summed E-state index contributed by atoms with van der Waals surface area (Å²) < 4.78 is 27.1. The second kappa shape index (κ2) is 7.87. The Bertz CT molecular complexity index is 489. The fourth-order valence-corrected chi connectivity index (χ4v) is 3.28. The van der Waals surface area contributed by atoms with Gasteiger partial charge in [-0.3, -0.25) is 4.72 Å². The van der Waals surface area contributed by atoms with Crippen molar-refractivity contribution in [2.75, 3.05) is 17.0 Å². The van der Waals surface area contributed by atoms with Crippen LogP contribution in [0.15, 0.2) is 28.7 Å². The van der Waals surface area contributed by atoms with E-state index >= 15 is 0 Å². The molecule has 4 nitrogen and oxygen atoms in total. The molecule has 108 valence electrons. The molecule has 0 aliphatic rings. The minimum absolute atomic E-state index is 0.147. The van der Waals surface area contributed by atoms with Gasteiger partial charge in [-0.1, -0.05) is 26.0 Å². The molecule has 0 saturated carbocycles. The number of anilines is 1. The first-order valence-corrected chi connectivity index (χ1v) is 8.83. The Morgan fingerprint density at radius 3 is 2.53 bits per heavy atom. The first-order chi connectivity index (χ1) is 8.91. The summed E-state index contributed by atoms with van der Waals surface area (Å²) in [5.74, 6) is 0.147. The van der Waals surface area contributed by atoms with Gasteiger partial charge in [-0.05, 0) is 47.4 Å². The molecule has 2 N–H and O–H groups in total. The van der Waals surface area contributed by atoms with Crippen LogP contribution in [0.3, 0.4) is 0 Å². The zero-order valence-corrected chi connectivity index (χ0v) is 13.7. The molecule has 0 spiro atoms. The number of unbranched alkanes of at least 4 members (excludes halogenated alkanes) is 1. The summed E-state index contributed by atoms with van der Waals surface area (Å²) in [6.07, 6.45) is 1.51. The maximum atomic E-state index is 11.9. The third kappa shape index (κ3) is 6.94. The van der Waals surface area contributed by atoms with Gasteiger partial charge in [-0.15, -0.1) is 0 Å². The molecule has 6 heteroatoms. The normalized spacial score (nSPS) is 11.8. The quantitative estimate of drug-likeness (QED) is 0.710. The standard InChI is InChI=1S/C13H21BrN2O2S/c1-11(2)15-9-5-6-10-19(17,18)16-13-8-4-3-7-12(13)14/h3-4,7-8,11,15-16H,5-6,9-10H2,1-2H3. The molecular formula is C13H21BrN2O2S. The predicted molar refractivity (Wildman–Crippen MR) is 83.9 cm³/mol. The van der Waals surface area contributed by atoms with Crippen LogP contribution in [0.4, 0.5) is 5.69 Å². The minimum atomic E-state index is -3.27. The number of hydrogen-bond acceptors (Lipinski definition) is 3. The van der Waals surface area contributed by atoms with Crippen LogP contribution < -0.4 is 10.0 Å². The highest BCUT2D eigenvalue weighted by Gasteiger charge is 2.11. The first-order valence-electron chi connectivity index (χ1n) is 6.39. The van der Waals surface area contributed by atoms with Crippen LogP contribution in [-0.2, 0) is 10.0 Å². The molecular weight excluding hydrogens is 328 g/mol. The minimum Gasteiger partial charge on any atom is -0.315 e. The molecule has 0 aromatic heterocycles. The van der Waals surface area contributed by atoms with Gasteiger partial charge in [0.15, 0.2) is 0 Å². The summed E-state index contributed by atoms with van der Waals surface area (Å²) in [5, 5.41) is 3.27. The first kappa shape index (κ1) is 16.5. The molecule has 0 atom stereocenters. The third-order valence-corrected chi connectivity index (χ3v) is 4.58. The van der Waals surface area contributed by atoms with Gasteiger partial charge in [-0.25, -0.2) is 8.42 Å². The van der Waals surface area contributed by atoms with Crippen LogP contribution in [0.2, 0.25) is 0 Å². The number of rotatable bonds is 8. The molecule has 0 bridgehead atoms. The zero-order chi connectivity index (χ0) is 14.3. The van der Waals surface area contributed by atoms with Crippen molar-refractivity contribution in [2.45, 2.75) is 32.7 Å². The maximum absolute atomic E-state index is 11.9. The summed E-state index contributed by atoms with van der Waals surface area (Å²) in [6, 6.07) is 7.64. The second-order valence-electron chi connectivity index (χ2n) is 4.72. The van der Waals surface area contributed by atoms with E-state index in [1.54, 1.807) is 12.1 Å². The molecule has 0 amide bonds. The summed E-state index contributed by atoms with van der Waals surface area (Å²) >= 11 is 3.32. The lowest BCUT2D eigenvalue weighted by molar-refractivity contribution is 0.561. The molecule has 1 aromatic rings. The largest absolute Gasteiger partial charge is 0.315 e. The Morgan fingerprint density at radius 1 is 1.21 bits per heavy atom. The fourth-order valence-electron chi connectivity index (χ4n) is 1.57. The predicted octanol–water partition coefficient (Wildman–Crippen LogP) is 2.97. The number of para-hydroxylation sites is 1. The lowest BCUT2D eigenvalue weighted by Crippen LogP contribution is -2.24. The van der Waals surface area contributed by atoms with Gasteiger partial charge in [0.1, 0.15) is 0 Å². The number of nitrogens with one attached hydrogen (secondary N) is 2. The molecule has 19 heavy (non-hydrogen) atoms. The average molecular weight is 349 g/mol. The Balaban J connectivity index is 2.38. The van der Waals surface area contributed by atoms with Gasteiger partial charge in [0, 0.05) is 10.5 Å². The summed E-state index contributed by atoms with van der Waals surface area (Å²) in [4.78, 5) is 0. The van der Waals surface area contributed by atoms with Gasteiger partial charge >= 0.3 is 0 Å². The van der Waals surface area contributed by atoms with Gasteiger partial charge in [0.05, 0.1) is 11.4 Å². The smallest absolute Gasteiger partial charge is 0.232 e. The van der Waals surface area contributed by atoms with Crippen molar-refractivity contribution in [3.63, 3.8) is 0 Å². The number of hydrogen-bond donors (Lipinski definition) is 2. The van der Waals surface area contributed by atoms with Crippen LogP contribution in [0, 0.1) is 0 Å². The van der Waals surface area contributed by atoms with E-state index in [1.807, 2.05) is 12.1 Å². The Hall–Kier alpha value is -0.590. The van der Waals surface area contributed by atoms with Crippen molar-refractivity contribution in [1.82, 2.24) is 5.32 Å². The van der Waals surface area contributed by atoms with Crippen LogP contribution in [0.5, 0.6) is 0 Å². The summed E-state index contributed by atoms with van der Waals surface area (Å²) in [7, 11) is -3.27. The highest BCUT2D eigenvalue weighted by molar-refractivity contribution is 9.10. The van der Waals surface area contributed by atoms with Gasteiger partial charge < -0.3 is 5.32 Å². The fraction of sp³-hybridized carbons (Fsp3) is 0.538. The van der Waals surface area contributed by atoms with E-state index in [2.05, 4.69) is 39.8 Å². The Kier molecular flexibility index (Phi) is 6.82. The van der Waals surface area contributed by atoms with E-state index in [4.69, 9.17) is 0 Å². The van der Waals surface area contributed by atoms with E-state index in [0.29, 0.717) is 18.2 Å². The number of sulfonamides is 1. The van der Waals surface area contributed by atoms with E-state index in [1.165, 1.54) is 0 Å². The molecule has 0 aliphatic carbocycles. The molecule has 0 saturated heterocycles. The van der Waals surface area contributed by atoms with Crippen LogP contribution >= 0.6 is 15.9 Å². The van der Waals surface area contributed by atoms with Crippen molar-refractivity contribution < 1.29 is 8.42 Å². The van der Waals surface area contributed by atoms with Crippen molar-refractivity contribution in [3.8, 4) is 0 Å². The van der Waals surface area contributed by atoms with E-state index < -0.39 is 10.0 Å². The monoisotopic (exact) mass is 348 g/mol. The lowest BCUT2D eigenvalue weighted by atomic mass is 10.3. The SMILES string of the molecule is CC(C)NCCCCS(=O)(=O)Nc1ccccc1Br. The molecule has 0 heterocycles. The average Bonchev–Trinajstić information content (AvgIpc) is 2.31. The van der Waals surface area contributed by atoms with Gasteiger partial charge in [0.25, 0.3) is 0 Å². The van der Waals surface area contributed by atoms with Crippen LogP contribution in [0.25, 0.3) is 0 Å². The highest BCUT2D eigenvalue weighted by atomic mass is 79.9. The molecule has 0 aliphatic heterocycles. The van der Waals surface area contributed by atoms with Crippen LogP contribution in [-0.4, -0.2) is 26.8 Å². The second-order valence-corrected chi connectivity index (χ2v) is 7.41. The molecule has 0 fully saturated rings. The number of benzene rings is 1.